The van der Waals surface area contributed by atoms with Gasteiger partial charge in [0.1, 0.15) is 11.8 Å². The Morgan fingerprint density at radius 2 is 2.38 bits per heavy atom. The Bertz CT molecular complexity index is 333. The quantitative estimate of drug-likeness (QED) is 0.762. The SMILES string of the molecule is Cc1ccc(OCC#N)c(CBr)n1. The van der Waals surface area contributed by atoms with E-state index < -0.39 is 0 Å². The van der Waals surface area contributed by atoms with Gasteiger partial charge in [0.25, 0.3) is 0 Å². The van der Waals surface area contributed by atoms with Crippen molar-refractivity contribution in [3.05, 3.63) is 23.5 Å². The molecule has 13 heavy (non-hydrogen) atoms. The summed E-state index contributed by atoms with van der Waals surface area (Å²) >= 11 is 3.31. The average molecular weight is 241 g/mol. The zero-order valence-electron chi connectivity index (χ0n) is 7.25. The van der Waals surface area contributed by atoms with Gasteiger partial charge in [-0.05, 0) is 19.1 Å². The standard InChI is InChI=1S/C9H9BrN2O/c1-7-2-3-9(13-5-4-11)8(6-10)12-7/h2-3H,5-6H2,1H3. The van der Waals surface area contributed by atoms with E-state index in [0.717, 1.165) is 11.4 Å². The molecule has 0 fully saturated rings. The number of aryl methyl sites for hydroxylation is 1. The molecule has 0 amide bonds. The van der Waals surface area contributed by atoms with Gasteiger partial charge in [-0.3, -0.25) is 4.98 Å². The molecule has 0 atom stereocenters. The fraction of sp³-hybridized carbons (Fsp3) is 0.333. The number of aromatic nitrogens is 1. The maximum absolute atomic E-state index is 8.34. The Labute approximate surface area is 85.5 Å². The monoisotopic (exact) mass is 240 g/mol. The zero-order valence-corrected chi connectivity index (χ0v) is 8.84. The minimum atomic E-state index is 0.0603. The highest BCUT2D eigenvalue weighted by atomic mass is 79.9. The molecule has 0 bridgehead atoms. The van der Waals surface area contributed by atoms with Crippen LogP contribution in [0.15, 0.2) is 12.1 Å². The van der Waals surface area contributed by atoms with Gasteiger partial charge in [0.15, 0.2) is 6.61 Å². The number of halogens is 1. The normalized spacial score (nSPS) is 9.31. The molecule has 4 heteroatoms. The fourth-order valence-electron chi connectivity index (χ4n) is 0.935. The molecule has 68 valence electrons. The summed E-state index contributed by atoms with van der Waals surface area (Å²) in [7, 11) is 0. The van der Waals surface area contributed by atoms with Crippen LogP contribution in [0.5, 0.6) is 5.75 Å². The van der Waals surface area contributed by atoms with Gasteiger partial charge in [-0.15, -0.1) is 0 Å². The third-order valence-corrected chi connectivity index (χ3v) is 2.02. The van der Waals surface area contributed by atoms with Crippen molar-refractivity contribution in [2.75, 3.05) is 6.61 Å². The van der Waals surface area contributed by atoms with Crippen molar-refractivity contribution in [1.29, 1.82) is 5.26 Å². The lowest BCUT2D eigenvalue weighted by molar-refractivity contribution is 0.363. The Morgan fingerprint density at radius 3 is 3.00 bits per heavy atom. The average Bonchev–Trinajstić information content (AvgIpc) is 2.16. The first-order chi connectivity index (χ1) is 6.27. The second kappa shape index (κ2) is 4.83. The molecule has 0 saturated carbocycles. The van der Waals surface area contributed by atoms with Gasteiger partial charge >= 0.3 is 0 Å². The lowest BCUT2D eigenvalue weighted by atomic mass is 10.3. The zero-order chi connectivity index (χ0) is 9.68. The lowest BCUT2D eigenvalue weighted by Crippen LogP contribution is -1.99. The molecule has 0 unspecified atom stereocenters. The van der Waals surface area contributed by atoms with Crippen LogP contribution in [-0.4, -0.2) is 11.6 Å². The number of nitrogens with zero attached hydrogens (tertiary/aromatic N) is 2. The summed E-state index contributed by atoms with van der Waals surface area (Å²) in [5.41, 5.74) is 1.77. The Morgan fingerprint density at radius 1 is 1.62 bits per heavy atom. The van der Waals surface area contributed by atoms with Gasteiger partial charge in [0, 0.05) is 11.0 Å². The summed E-state index contributed by atoms with van der Waals surface area (Å²) in [6.45, 7) is 1.98. The van der Waals surface area contributed by atoms with Crippen LogP contribution < -0.4 is 4.74 Å². The molecule has 1 rings (SSSR count). The van der Waals surface area contributed by atoms with E-state index in [1.807, 2.05) is 25.1 Å². The summed E-state index contributed by atoms with van der Waals surface area (Å²) in [6, 6.07) is 5.61. The summed E-state index contributed by atoms with van der Waals surface area (Å²) < 4.78 is 5.18. The predicted molar refractivity (Wildman–Crippen MR) is 52.7 cm³/mol. The Kier molecular flexibility index (Phi) is 3.71. The van der Waals surface area contributed by atoms with Crippen molar-refractivity contribution in [2.45, 2.75) is 12.3 Å². The number of hydrogen-bond donors (Lipinski definition) is 0. The molecule has 0 N–H and O–H groups in total. The van der Waals surface area contributed by atoms with E-state index in [1.54, 1.807) is 0 Å². The van der Waals surface area contributed by atoms with Gasteiger partial charge in [0.2, 0.25) is 0 Å². The molecule has 1 aromatic rings. The van der Waals surface area contributed by atoms with Crippen molar-refractivity contribution in [1.82, 2.24) is 4.98 Å². The molecule has 0 aliphatic heterocycles. The van der Waals surface area contributed by atoms with Crippen LogP contribution in [0.4, 0.5) is 0 Å². The highest BCUT2D eigenvalue weighted by Crippen LogP contribution is 2.19. The van der Waals surface area contributed by atoms with E-state index in [9.17, 15) is 0 Å². The van der Waals surface area contributed by atoms with E-state index in [2.05, 4.69) is 20.9 Å². The van der Waals surface area contributed by atoms with Gasteiger partial charge in [-0.25, -0.2) is 0 Å². The van der Waals surface area contributed by atoms with Gasteiger partial charge in [0.05, 0.1) is 5.69 Å². The number of alkyl halides is 1. The van der Waals surface area contributed by atoms with Crippen molar-refractivity contribution >= 4 is 15.9 Å². The highest BCUT2D eigenvalue weighted by Gasteiger charge is 2.03. The predicted octanol–water partition coefficient (Wildman–Crippen LogP) is 2.19. The summed E-state index contributed by atoms with van der Waals surface area (Å²) in [6.07, 6.45) is 0. The first-order valence-electron chi connectivity index (χ1n) is 3.80. The minimum absolute atomic E-state index is 0.0603. The van der Waals surface area contributed by atoms with E-state index in [0.29, 0.717) is 11.1 Å². The highest BCUT2D eigenvalue weighted by molar-refractivity contribution is 9.08. The summed E-state index contributed by atoms with van der Waals surface area (Å²) in [5, 5.41) is 8.97. The third kappa shape index (κ3) is 2.71. The van der Waals surface area contributed by atoms with Crippen molar-refractivity contribution in [3.63, 3.8) is 0 Å². The minimum Gasteiger partial charge on any atom is -0.477 e. The second-order valence-corrected chi connectivity index (χ2v) is 3.04. The lowest BCUT2D eigenvalue weighted by Gasteiger charge is -2.06. The molecule has 0 aliphatic rings. The van der Waals surface area contributed by atoms with E-state index >= 15 is 0 Å². The van der Waals surface area contributed by atoms with E-state index in [-0.39, 0.29) is 6.61 Å². The summed E-state index contributed by atoms with van der Waals surface area (Å²) in [5.74, 6) is 0.670. The molecule has 1 aromatic heterocycles. The molecule has 0 saturated heterocycles. The Hall–Kier alpha value is -1.08. The topological polar surface area (TPSA) is 45.9 Å². The van der Waals surface area contributed by atoms with Crippen LogP contribution in [0.2, 0.25) is 0 Å². The number of nitriles is 1. The molecular formula is C9H9BrN2O. The largest absolute Gasteiger partial charge is 0.477 e. The van der Waals surface area contributed by atoms with Crippen LogP contribution in [0.1, 0.15) is 11.4 Å². The molecule has 3 nitrogen and oxygen atoms in total. The maximum atomic E-state index is 8.34. The van der Waals surface area contributed by atoms with Crippen LogP contribution in [0.3, 0.4) is 0 Å². The molecule has 0 aliphatic carbocycles. The smallest absolute Gasteiger partial charge is 0.174 e. The van der Waals surface area contributed by atoms with Crippen molar-refractivity contribution in [2.24, 2.45) is 0 Å². The van der Waals surface area contributed by atoms with Gasteiger partial charge < -0.3 is 4.74 Å². The van der Waals surface area contributed by atoms with Gasteiger partial charge in [-0.1, -0.05) is 15.9 Å². The number of hydrogen-bond acceptors (Lipinski definition) is 3. The van der Waals surface area contributed by atoms with Crippen LogP contribution in [0.25, 0.3) is 0 Å². The Balaban J connectivity index is 2.87. The molecule has 1 heterocycles. The third-order valence-electron chi connectivity index (χ3n) is 1.49. The summed E-state index contributed by atoms with van der Waals surface area (Å²) in [4.78, 5) is 4.26. The maximum Gasteiger partial charge on any atom is 0.174 e. The molecule has 0 radical (unpaired) electrons. The number of ether oxygens (including phenoxy) is 1. The molecule has 0 spiro atoms. The first kappa shape index (κ1) is 10.0. The number of pyridine rings is 1. The fourth-order valence-corrected chi connectivity index (χ4v) is 1.34. The first-order valence-corrected chi connectivity index (χ1v) is 4.92. The van der Waals surface area contributed by atoms with Crippen molar-refractivity contribution in [3.8, 4) is 11.8 Å². The van der Waals surface area contributed by atoms with Gasteiger partial charge in [-0.2, -0.15) is 5.26 Å². The second-order valence-electron chi connectivity index (χ2n) is 2.48. The van der Waals surface area contributed by atoms with E-state index in [4.69, 9.17) is 10.00 Å². The number of rotatable bonds is 3. The molecule has 0 aromatic carbocycles. The van der Waals surface area contributed by atoms with Crippen LogP contribution >= 0.6 is 15.9 Å². The molecular weight excluding hydrogens is 232 g/mol. The van der Waals surface area contributed by atoms with Crippen molar-refractivity contribution < 1.29 is 4.74 Å². The van der Waals surface area contributed by atoms with Crippen LogP contribution in [0, 0.1) is 18.3 Å². The van der Waals surface area contributed by atoms with Crippen LogP contribution in [-0.2, 0) is 5.33 Å². The van der Waals surface area contributed by atoms with E-state index in [1.165, 1.54) is 0 Å².